The molecule has 0 fully saturated rings. The lowest BCUT2D eigenvalue weighted by Crippen LogP contribution is -2.11. The number of aryl methyl sites for hydroxylation is 6. The number of aliphatic hydroxyl groups excluding tert-OH is 3. The van der Waals surface area contributed by atoms with Crippen LogP contribution in [0.25, 0.3) is 0 Å². The van der Waals surface area contributed by atoms with E-state index in [9.17, 15) is 15.3 Å². The Labute approximate surface area is 243 Å². The molecule has 0 bridgehead atoms. The van der Waals surface area contributed by atoms with Gasteiger partial charge in [-0.3, -0.25) is 0 Å². The van der Waals surface area contributed by atoms with Crippen LogP contribution in [0.2, 0.25) is 0 Å². The highest BCUT2D eigenvalue weighted by atomic mass is 16.3. The molecule has 0 saturated carbocycles. The molecule has 3 heteroatoms. The second-order valence-electron chi connectivity index (χ2n) is 11.8. The number of hydrogen-bond acceptors (Lipinski definition) is 3. The maximum Gasteiger partial charge on any atom is 0.0431 e. The van der Waals surface area contributed by atoms with Crippen LogP contribution in [0, 0.1) is 20.8 Å². The third-order valence-corrected chi connectivity index (χ3v) is 8.52. The highest BCUT2D eigenvalue weighted by Crippen LogP contribution is 2.39. The highest BCUT2D eigenvalue weighted by Gasteiger charge is 2.23. The molecule has 3 nitrogen and oxygen atoms in total. The van der Waals surface area contributed by atoms with Crippen molar-refractivity contribution in [1.82, 2.24) is 0 Å². The Morgan fingerprint density at radius 2 is 0.850 bits per heavy atom. The fraction of sp³-hybridized carbons (Fsp3) is 0.514. The van der Waals surface area contributed by atoms with E-state index in [1.165, 1.54) is 50.1 Å². The van der Waals surface area contributed by atoms with Crippen LogP contribution >= 0.6 is 0 Å². The molecule has 0 spiro atoms. The molecule has 3 aromatic carbocycles. The van der Waals surface area contributed by atoms with Crippen molar-refractivity contribution in [3.63, 3.8) is 0 Å². The molecule has 0 radical (unpaired) electrons. The quantitative estimate of drug-likeness (QED) is 0.151. The molecule has 0 saturated heterocycles. The molecule has 0 aliphatic carbocycles. The first kappa shape index (κ1) is 32.1. The van der Waals surface area contributed by atoms with E-state index in [0.717, 1.165) is 64.2 Å². The van der Waals surface area contributed by atoms with Gasteiger partial charge in [-0.1, -0.05) is 61.5 Å². The van der Waals surface area contributed by atoms with Crippen molar-refractivity contribution in [3.8, 4) is 0 Å². The van der Waals surface area contributed by atoms with Crippen molar-refractivity contribution in [3.05, 3.63) is 105 Å². The topological polar surface area (TPSA) is 60.7 Å². The zero-order chi connectivity index (χ0) is 28.9. The van der Waals surface area contributed by atoms with Crippen molar-refractivity contribution in [1.29, 1.82) is 0 Å². The van der Waals surface area contributed by atoms with E-state index in [1.807, 2.05) is 0 Å². The minimum atomic E-state index is 0.250. The normalized spacial score (nSPS) is 12.3. The molecule has 3 N–H and O–H groups in total. The molecule has 0 aliphatic heterocycles. The Hall–Kier alpha value is -2.46. The highest BCUT2D eigenvalue weighted by molar-refractivity contribution is 5.45. The second-order valence-corrected chi connectivity index (χ2v) is 11.8. The van der Waals surface area contributed by atoms with E-state index >= 15 is 0 Å². The Morgan fingerprint density at radius 3 is 1.23 bits per heavy atom. The van der Waals surface area contributed by atoms with Gasteiger partial charge >= 0.3 is 0 Å². The first-order valence-corrected chi connectivity index (χ1v) is 15.5. The summed E-state index contributed by atoms with van der Waals surface area (Å²) in [7, 11) is 0. The van der Waals surface area contributed by atoms with Crippen LogP contribution < -0.4 is 0 Å². The van der Waals surface area contributed by atoms with Gasteiger partial charge in [0.15, 0.2) is 0 Å². The molecule has 218 valence electrons. The van der Waals surface area contributed by atoms with E-state index in [4.69, 9.17) is 0 Å². The second kappa shape index (κ2) is 16.7. The van der Waals surface area contributed by atoms with Gasteiger partial charge in [0, 0.05) is 25.7 Å². The lowest BCUT2D eigenvalue weighted by Gasteiger charge is -2.27. The van der Waals surface area contributed by atoms with E-state index in [0.29, 0.717) is 5.92 Å². The minimum absolute atomic E-state index is 0.250. The number of aliphatic hydroxyl groups is 3. The number of rotatable bonds is 17. The van der Waals surface area contributed by atoms with Crippen LogP contribution in [0.15, 0.2) is 54.6 Å². The first-order valence-electron chi connectivity index (χ1n) is 15.5. The molecule has 40 heavy (non-hydrogen) atoms. The molecule has 1 unspecified atom stereocenters. The zero-order valence-corrected chi connectivity index (χ0v) is 25.4. The summed E-state index contributed by atoms with van der Waals surface area (Å²) >= 11 is 0. The zero-order valence-electron chi connectivity index (χ0n) is 25.4. The van der Waals surface area contributed by atoms with E-state index < -0.39 is 0 Å². The smallest absolute Gasteiger partial charge is 0.0431 e. The standard InChI is InChI=1S/C37H52O3/c1-27-14-17-31(11-5-8-20-38)24-34(27)30(4)23-37(35-25-32(12-6-9-21-39)18-15-28(35)2)36-26-33(13-7-10-22-40)19-16-29(36)3/h14-19,24-26,30,37-40H,5-13,20-23H2,1-4H3. The van der Waals surface area contributed by atoms with Gasteiger partial charge in [0.05, 0.1) is 0 Å². The molecule has 0 heterocycles. The summed E-state index contributed by atoms with van der Waals surface area (Å²) in [6.07, 6.45) is 9.57. The largest absolute Gasteiger partial charge is 0.396 e. The lowest BCUT2D eigenvalue weighted by atomic mass is 9.77. The SMILES string of the molecule is Cc1ccc(CCCCO)cc1C(C)CC(c1cc(CCCCO)ccc1C)c1cc(CCCCO)ccc1C. The van der Waals surface area contributed by atoms with Crippen molar-refractivity contribution >= 4 is 0 Å². The van der Waals surface area contributed by atoms with Crippen molar-refractivity contribution in [2.45, 2.75) is 104 Å². The number of hydrogen-bond donors (Lipinski definition) is 3. The molecular formula is C37H52O3. The maximum absolute atomic E-state index is 9.30. The molecule has 0 amide bonds. The summed E-state index contributed by atoms with van der Waals surface area (Å²) in [5.74, 6) is 0.667. The monoisotopic (exact) mass is 544 g/mol. The molecule has 3 rings (SSSR count). The number of benzene rings is 3. The molecule has 1 atom stereocenters. The van der Waals surface area contributed by atoms with Gasteiger partial charge in [-0.25, -0.2) is 0 Å². The fourth-order valence-corrected chi connectivity index (χ4v) is 6.04. The minimum Gasteiger partial charge on any atom is -0.396 e. The molecular weight excluding hydrogens is 492 g/mol. The van der Waals surface area contributed by atoms with Gasteiger partial charge in [0.1, 0.15) is 0 Å². The number of unbranched alkanes of at least 4 members (excludes halogenated alkanes) is 3. The first-order chi connectivity index (χ1) is 19.4. The Morgan fingerprint density at radius 1 is 0.500 bits per heavy atom. The summed E-state index contributed by atoms with van der Waals surface area (Å²) < 4.78 is 0. The Balaban J connectivity index is 2.01. The fourth-order valence-electron chi connectivity index (χ4n) is 6.04. The summed E-state index contributed by atoms with van der Waals surface area (Å²) in [5, 5.41) is 27.8. The van der Waals surface area contributed by atoms with Crippen LogP contribution in [0.1, 0.15) is 114 Å². The van der Waals surface area contributed by atoms with Crippen LogP contribution in [-0.4, -0.2) is 35.1 Å². The molecule has 0 aliphatic rings. The van der Waals surface area contributed by atoms with Gasteiger partial charge < -0.3 is 15.3 Å². The van der Waals surface area contributed by atoms with Crippen molar-refractivity contribution < 1.29 is 15.3 Å². The van der Waals surface area contributed by atoms with Gasteiger partial charge in [0.25, 0.3) is 0 Å². The van der Waals surface area contributed by atoms with Crippen LogP contribution in [0.3, 0.4) is 0 Å². The summed E-state index contributed by atoms with van der Waals surface area (Å²) in [4.78, 5) is 0. The molecule has 3 aromatic rings. The van der Waals surface area contributed by atoms with Crippen LogP contribution in [-0.2, 0) is 19.3 Å². The van der Waals surface area contributed by atoms with Gasteiger partial charge in [-0.15, -0.1) is 0 Å². The van der Waals surface area contributed by atoms with E-state index in [1.54, 1.807) is 0 Å². The Bertz CT molecular complexity index is 1120. The van der Waals surface area contributed by atoms with Gasteiger partial charge in [0.2, 0.25) is 0 Å². The Kier molecular flexibility index (Phi) is 13.4. The van der Waals surface area contributed by atoms with Crippen molar-refractivity contribution in [2.24, 2.45) is 0 Å². The average Bonchev–Trinajstić information content (AvgIpc) is 2.95. The van der Waals surface area contributed by atoms with Crippen LogP contribution in [0.4, 0.5) is 0 Å². The molecule has 0 aromatic heterocycles. The predicted octanol–water partition coefficient (Wildman–Crippen LogP) is 7.88. The summed E-state index contributed by atoms with van der Waals surface area (Å²) in [5.41, 5.74) is 12.4. The summed E-state index contributed by atoms with van der Waals surface area (Å²) in [6, 6.07) is 20.9. The maximum atomic E-state index is 9.30. The lowest BCUT2D eigenvalue weighted by molar-refractivity contribution is 0.284. The van der Waals surface area contributed by atoms with E-state index in [2.05, 4.69) is 82.3 Å². The predicted molar refractivity (Wildman–Crippen MR) is 168 cm³/mol. The van der Waals surface area contributed by atoms with E-state index in [-0.39, 0.29) is 25.7 Å². The van der Waals surface area contributed by atoms with Gasteiger partial charge in [-0.2, -0.15) is 0 Å². The van der Waals surface area contributed by atoms with Crippen LogP contribution in [0.5, 0.6) is 0 Å². The van der Waals surface area contributed by atoms with Crippen molar-refractivity contribution in [2.75, 3.05) is 19.8 Å². The average molecular weight is 545 g/mol. The van der Waals surface area contributed by atoms with Gasteiger partial charge in [-0.05, 0) is 141 Å². The third-order valence-electron chi connectivity index (χ3n) is 8.52. The summed E-state index contributed by atoms with van der Waals surface area (Å²) in [6.45, 7) is 9.87. The third kappa shape index (κ3) is 9.29.